The van der Waals surface area contributed by atoms with E-state index in [0.29, 0.717) is 10.8 Å². The SMILES string of the molecule is CCCNc1ccnc(-c2ccc(Br)cc2Cl)n1. The Morgan fingerprint density at radius 1 is 1.33 bits per heavy atom. The molecule has 0 aliphatic rings. The molecule has 2 aromatic rings. The van der Waals surface area contributed by atoms with E-state index >= 15 is 0 Å². The Hall–Kier alpha value is -1.13. The van der Waals surface area contributed by atoms with Crippen molar-refractivity contribution in [2.45, 2.75) is 13.3 Å². The second-order valence-electron chi connectivity index (χ2n) is 3.82. The smallest absolute Gasteiger partial charge is 0.162 e. The van der Waals surface area contributed by atoms with Gasteiger partial charge in [0.05, 0.1) is 5.02 Å². The summed E-state index contributed by atoms with van der Waals surface area (Å²) in [5.74, 6) is 1.45. The van der Waals surface area contributed by atoms with Crippen molar-refractivity contribution in [3.63, 3.8) is 0 Å². The van der Waals surface area contributed by atoms with Crippen LogP contribution >= 0.6 is 27.5 Å². The quantitative estimate of drug-likeness (QED) is 0.906. The fraction of sp³-hybridized carbons (Fsp3) is 0.231. The topological polar surface area (TPSA) is 37.8 Å². The van der Waals surface area contributed by atoms with E-state index < -0.39 is 0 Å². The molecule has 1 aromatic heterocycles. The van der Waals surface area contributed by atoms with Crippen molar-refractivity contribution < 1.29 is 0 Å². The summed E-state index contributed by atoms with van der Waals surface area (Å²) in [7, 11) is 0. The van der Waals surface area contributed by atoms with Crippen LogP contribution in [0.3, 0.4) is 0 Å². The van der Waals surface area contributed by atoms with Crippen molar-refractivity contribution in [1.82, 2.24) is 9.97 Å². The van der Waals surface area contributed by atoms with Crippen LogP contribution in [0.15, 0.2) is 34.9 Å². The molecule has 0 saturated carbocycles. The molecule has 94 valence electrons. The number of halogens is 2. The van der Waals surface area contributed by atoms with Gasteiger partial charge in [0.1, 0.15) is 5.82 Å². The van der Waals surface area contributed by atoms with Gasteiger partial charge in [-0.05, 0) is 30.7 Å². The van der Waals surface area contributed by atoms with Gasteiger partial charge in [-0.25, -0.2) is 9.97 Å². The number of hydrogen-bond acceptors (Lipinski definition) is 3. The second kappa shape index (κ2) is 6.16. The lowest BCUT2D eigenvalue weighted by molar-refractivity contribution is 0.966. The molecule has 3 nitrogen and oxygen atoms in total. The maximum Gasteiger partial charge on any atom is 0.162 e. The predicted octanol–water partition coefficient (Wildman–Crippen LogP) is 4.38. The van der Waals surface area contributed by atoms with Gasteiger partial charge in [0.25, 0.3) is 0 Å². The summed E-state index contributed by atoms with van der Waals surface area (Å²) in [5.41, 5.74) is 0.833. The Kier molecular flexibility index (Phi) is 4.55. The molecule has 0 spiro atoms. The standard InChI is InChI=1S/C13H13BrClN3/c1-2-6-16-12-5-7-17-13(18-12)10-4-3-9(14)8-11(10)15/h3-5,7-8H,2,6H2,1H3,(H,16,17,18). The van der Waals surface area contributed by atoms with E-state index in [1.807, 2.05) is 24.3 Å². The zero-order valence-corrected chi connectivity index (χ0v) is 12.3. The number of hydrogen-bond donors (Lipinski definition) is 1. The number of anilines is 1. The summed E-state index contributed by atoms with van der Waals surface area (Å²) in [4.78, 5) is 8.71. The van der Waals surface area contributed by atoms with E-state index in [2.05, 4.69) is 38.1 Å². The summed E-state index contributed by atoms with van der Waals surface area (Å²) in [6.07, 6.45) is 2.79. The van der Waals surface area contributed by atoms with Crippen LogP contribution in [0.2, 0.25) is 5.02 Å². The third-order valence-electron chi connectivity index (χ3n) is 2.38. The highest BCUT2D eigenvalue weighted by atomic mass is 79.9. The average Bonchev–Trinajstić information content (AvgIpc) is 2.36. The predicted molar refractivity (Wildman–Crippen MR) is 79.0 cm³/mol. The van der Waals surface area contributed by atoms with Gasteiger partial charge in [0, 0.05) is 22.8 Å². The molecule has 1 aromatic carbocycles. The third-order valence-corrected chi connectivity index (χ3v) is 3.19. The fourth-order valence-corrected chi connectivity index (χ4v) is 2.27. The van der Waals surface area contributed by atoms with Crippen LogP contribution in [0.4, 0.5) is 5.82 Å². The van der Waals surface area contributed by atoms with Gasteiger partial charge in [0.2, 0.25) is 0 Å². The lowest BCUT2D eigenvalue weighted by Crippen LogP contribution is -2.03. The van der Waals surface area contributed by atoms with Crippen LogP contribution in [0.25, 0.3) is 11.4 Å². The zero-order valence-electron chi connectivity index (χ0n) is 9.95. The molecular weight excluding hydrogens is 314 g/mol. The molecular formula is C13H13BrClN3. The Morgan fingerprint density at radius 2 is 2.17 bits per heavy atom. The van der Waals surface area contributed by atoms with Gasteiger partial charge >= 0.3 is 0 Å². The summed E-state index contributed by atoms with van der Waals surface area (Å²) < 4.78 is 0.941. The highest BCUT2D eigenvalue weighted by Gasteiger charge is 2.07. The molecule has 1 N–H and O–H groups in total. The number of nitrogens with zero attached hydrogens (tertiary/aromatic N) is 2. The van der Waals surface area contributed by atoms with Crippen LogP contribution in [0, 0.1) is 0 Å². The van der Waals surface area contributed by atoms with Gasteiger partial charge in [-0.3, -0.25) is 0 Å². The molecule has 0 aliphatic heterocycles. The molecule has 0 fully saturated rings. The molecule has 18 heavy (non-hydrogen) atoms. The van der Waals surface area contributed by atoms with Gasteiger partial charge < -0.3 is 5.32 Å². The molecule has 0 bridgehead atoms. The molecule has 0 unspecified atom stereocenters. The van der Waals surface area contributed by atoms with Gasteiger partial charge in [0.15, 0.2) is 5.82 Å². The van der Waals surface area contributed by atoms with E-state index in [1.165, 1.54) is 0 Å². The number of benzene rings is 1. The lowest BCUT2D eigenvalue weighted by atomic mass is 10.2. The van der Waals surface area contributed by atoms with E-state index in [0.717, 1.165) is 28.8 Å². The lowest BCUT2D eigenvalue weighted by Gasteiger charge is -2.07. The molecule has 0 saturated heterocycles. The molecule has 0 radical (unpaired) electrons. The Bertz CT molecular complexity index is 546. The Balaban J connectivity index is 2.32. The minimum absolute atomic E-state index is 0.633. The molecule has 2 rings (SSSR count). The largest absolute Gasteiger partial charge is 0.370 e. The van der Waals surface area contributed by atoms with E-state index in [1.54, 1.807) is 6.20 Å². The Labute approximate surface area is 120 Å². The van der Waals surface area contributed by atoms with Gasteiger partial charge in [-0.1, -0.05) is 34.5 Å². The maximum absolute atomic E-state index is 6.19. The minimum atomic E-state index is 0.633. The highest BCUT2D eigenvalue weighted by Crippen LogP contribution is 2.28. The first-order chi connectivity index (χ1) is 8.70. The number of nitrogens with one attached hydrogen (secondary N) is 1. The average molecular weight is 327 g/mol. The zero-order chi connectivity index (χ0) is 13.0. The van der Waals surface area contributed by atoms with Crippen molar-refractivity contribution in [2.75, 3.05) is 11.9 Å². The monoisotopic (exact) mass is 325 g/mol. The van der Waals surface area contributed by atoms with Crippen LogP contribution in [0.1, 0.15) is 13.3 Å². The highest BCUT2D eigenvalue weighted by molar-refractivity contribution is 9.10. The number of aromatic nitrogens is 2. The summed E-state index contributed by atoms with van der Waals surface area (Å²) in [6, 6.07) is 7.53. The maximum atomic E-state index is 6.19. The summed E-state index contributed by atoms with van der Waals surface area (Å²) in [5, 5.41) is 3.87. The van der Waals surface area contributed by atoms with Crippen LogP contribution in [0.5, 0.6) is 0 Å². The molecule has 0 amide bonds. The fourth-order valence-electron chi connectivity index (χ4n) is 1.51. The van der Waals surface area contributed by atoms with E-state index in [4.69, 9.17) is 11.6 Å². The van der Waals surface area contributed by atoms with Crippen LogP contribution in [-0.4, -0.2) is 16.5 Å². The molecule has 0 atom stereocenters. The van der Waals surface area contributed by atoms with Crippen molar-refractivity contribution in [1.29, 1.82) is 0 Å². The molecule has 5 heteroatoms. The first kappa shape index (κ1) is 13.3. The molecule has 1 heterocycles. The first-order valence-corrected chi connectivity index (χ1v) is 6.90. The van der Waals surface area contributed by atoms with Crippen molar-refractivity contribution >= 4 is 33.3 Å². The molecule has 0 aliphatic carbocycles. The van der Waals surface area contributed by atoms with E-state index in [-0.39, 0.29) is 0 Å². The summed E-state index contributed by atoms with van der Waals surface area (Å²) in [6.45, 7) is 3.01. The third kappa shape index (κ3) is 3.21. The van der Waals surface area contributed by atoms with Crippen LogP contribution in [-0.2, 0) is 0 Å². The van der Waals surface area contributed by atoms with E-state index in [9.17, 15) is 0 Å². The van der Waals surface area contributed by atoms with Gasteiger partial charge in [-0.2, -0.15) is 0 Å². The number of rotatable bonds is 4. The Morgan fingerprint density at radius 3 is 2.89 bits per heavy atom. The van der Waals surface area contributed by atoms with Crippen molar-refractivity contribution in [3.8, 4) is 11.4 Å². The first-order valence-electron chi connectivity index (χ1n) is 5.73. The van der Waals surface area contributed by atoms with Gasteiger partial charge in [-0.15, -0.1) is 0 Å². The normalized spacial score (nSPS) is 10.4. The summed E-state index contributed by atoms with van der Waals surface area (Å²) >= 11 is 9.57. The van der Waals surface area contributed by atoms with Crippen molar-refractivity contribution in [3.05, 3.63) is 40.0 Å². The van der Waals surface area contributed by atoms with Crippen LogP contribution < -0.4 is 5.32 Å². The van der Waals surface area contributed by atoms with Crippen molar-refractivity contribution in [2.24, 2.45) is 0 Å². The minimum Gasteiger partial charge on any atom is -0.370 e. The second-order valence-corrected chi connectivity index (χ2v) is 5.14.